The lowest BCUT2D eigenvalue weighted by molar-refractivity contribution is 0.518. The van der Waals surface area contributed by atoms with E-state index in [1.165, 1.54) is 24.0 Å². The van der Waals surface area contributed by atoms with Crippen LogP contribution in [-0.2, 0) is 10.0 Å². The lowest BCUT2D eigenvalue weighted by atomic mass is 10.1. The lowest BCUT2D eigenvalue weighted by Gasteiger charge is -2.06. The van der Waals surface area contributed by atoms with Crippen molar-refractivity contribution >= 4 is 37.1 Å². The number of nitrogens with zero attached hydrogens (tertiary/aromatic N) is 4. The second kappa shape index (κ2) is 5.37. The molecule has 2 aromatic heterocycles. The molecule has 0 saturated carbocycles. The Balaban J connectivity index is 1.79. The summed E-state index contributed by atoms with van der Waals surface area (Å²) in [7, 11) is -0.563. The van der Waals surface area contributed by atoms with Crippen LogP contribution in [0.1, 0.15) is 0 Å². The fourth-order valence-corrected chi connectivity index (χ4v) is 4.64. The molecule has 122 valence electrons. The van der Waals surface area contributed by atoms with Crippen LogP contribution in [0.15, 0.2) is 53.0 Å². The van der Waals surface area contributed by atoms with Crippen LogP contribution < -0.4 is 0 Å². The quantitative estimate of drug-likeness (QED) is 0.565. The number of hydrogen-bond donors (Lipinski definition) is 0. The summed E-state index contributed by atoms with van der Waals surface area (Å²) < 4.78 is 27.0. The number of benzene rings is 2. The summed E-state index contributed by atoms with van der Waals surface area (Å²) in [4.78, 5) is 5.07. The number of aromatic nitrogens is 3. The maximum Gasteiger partial charge on any atom is 0.271 e. The van der Waals surface area contributed by atoms with Crippen molar-refractivity contribution in [3.8, 4) is 11.3 Å². The molecule has 6 nitrogen and oxygen atoms in total. The van der Waals surface area contributed by atoms with Crippen LogP contribution in [-0.4, -0.2) is 41.4 Å². The van der Waals surface area contributed by atoms with Gasteiger partial charge in [-0.1, -0.05) is 47.7 Å². The van der Waals surface area contributed by atoms with E-state index >= 15 is 0 Å². The first-order valence-electron chi connectivity index (χ1n) is 7.23. The van der Waals surface area contributed by atoms with Crippen molar-refractivity contribution in [3.63, 3.8) is 0 Å². The number of fused-ring (bicyclic) bond motifs is 2. The van der Waals surface area contributed by atoms with E-state index in [-0.39, 0.29) is 4.34 Å². The van der Waals surface area contributed by atoms with E-state index in [4.69, 9.17) is 0 Å². The zero-order valence-corrected chi connectivity index (χ0v) is 14.7. The summed E-state index contributed by atoms with van der Waals surface area (Å²) in [6.07, 6.45) is 1.75. The Morgan fingerprint density at radius 3 is 2.54 bits per heavy atom. The number of hydrogen-bond acceptors (Lipinski definition) is 5. The molecule has 0 fully saturated rings. The Bertz CT molecular complexity index is 1130. The van der Waals surface area contributed by atoms with Crippen LogP contribution in [0.3, 0.4) is 0 Å². The van der Waals surface area contributed by atoms with Crippen LogP contribution in [0, 0.1) is 0 Å². The molecule has 0 atom stereocenters. The van der Waals surface area contributed by atoms with Crippen LogP contribution in [0.5, 0.6) is 0 Å². The summed E-state index contributed by atoms with van der Waals surface area (Å²) in [6.45, 7) is 0. The average Bonchev–Trinajstić information content (AvgIpc) is 3.13. The van der Waals surface area contributed by atoms with Gasteiger partial charge in [0, 0.05) is 19.7 Å². The molecule has 2 aromatic carbocycles. The highest BCUT2D eigenvalue weighted by molar-refractivity contribution is 7.91. The van der Waals surface area contributed by atoms with E-state index in [2.05, 4.69) is 28.3 Å². The van der Waals surface area contributed by atoms with Crippen molar-refractivity contribution in [2.24, 2.45) is 0 Å². The molecule has 0 bridgehead atoms. The zero-order chi connectivity index (χ0) is 16.9. The monoisotopic (exact) mass is 358 g/mol. The Kier molecular flexibility index (Phi) is 3.41. The molecule has 0 unspecified atom stereocenters. The second-order valence-electron chi connectivity index (χ2n) is 5.57. The number of rotatable bonds is 3. The summed E-state index contributed by atoms with van der Waals surface area (Å²) in [5.41, 5.74) is 1.75. The molecule has 24 heavy (non-hydrogen) atoms. The van der Waals surface area contributed by atoms with E-state index in [9.17, 15) is 8.42 Å². The molecule has 4 rings (SSSR count). The highest BCUT2D eigenvalue weighted by atomic mass is 32.2. The molecule has 0 aliphatic rings. The minimum absolute atomic E-state index is 0.0417. The zero-order valence-electron chi connectivity index (χ0n) is 13.0. The summed E-state index contributed by atoms with van der Waals surface area (Å²) in [5, 5.41) is 6.46. The van der Waals surface area contributed by atoms with Gasteiger partial charge in [0.2, 0.25) is 9.30 Å². The van der Waals surface area contributed by atoms with Crippen molar-refractivity contribution in [1.29, 1.82) is 0 Å². The van der Waals surface area contributed by atoms with E-state index < -0.39 is 10.0 Å². The molecule has 0 aliphatic heterocycles. The third-order valence-electron chi connectivity index (χ3n) is 3.77. The predicted octanol–water partition coefficient (Wildman–Crippen LogP) is 2.86. The standard InChI is InChI=1S/C16H14N4O2S2/c1-19(2)24(21,22)16-18-20-10-14(17-15(20)23-16)13-8-7-11-5-3-4-6-12(11)9-13/h3-10H,1-2H3. The molecule has 0 radical (unpaired) electrons. The van der Waals surface area contributed by atoms with Gasteiger partial charge in [-0.2, -0.15) is 0 Å². The normalized spacial score (nSPS) is 12.5. The van der Waals surface area contributed by atoms with Crippen molar-refractivity contribution in [2.45, 2.75) is 4.34 Å². The summed E-state index contributed by atoms with van der Waals surface area (Å²) in [5.74, 6) is 0. The highest BCUT2D eigenvalue weighted by Crippen LogP contribution is 2.27. The topological polar surface area (TPSA) is 67.6 Å². The molecule has 0 saturated heterocycles. The number of sulfonamides is 1. The van der Waals surface area contributed by atoms with Crippen LogP contribution in [0.4, 0.5) is 0 Å². The van der Waals surface area contributed by atoms with Gasteiger partial charge < -0.3 is 0 Å². The maximum atomic E-state index is 12.1. The Labute approximate surface area is 143 Å². The molecule has 2 heterocycles. The second-order valence-corrected chi connectivity index (χ2v) is 8.85. The Morgan fingerprint density at radius 2 is 1.83 bits per heavy atom. The first kappa shape index (κ1) is 15.3. The summed E-state index contributed by atoms with van der Waals surface area (Å²) >= 11 is 1.06. The van der Waals surface area contributed by atoms with E-state index in [0.29, 0.717) is 4.96 Å². The van der Waals surface area contributed by atoms with E-state index in [0.717, 1.165) is 32.3 Å². The van der Waals surface area contributed by atoms with Gasteiger partial charge in [-0.05, 0) is 16.8 Å². The van der Waals surface area contributed by atoms with E-state index in [1.54, 1.807) is 6.20 Å². The minimum atomic E-state index is -3.54. The molecule has 0 aliphatic carbocycles. The molecule has 0 spiro atoms. The predicted molar refractivity (Wildman–Crippen MR) is 94.7 cm³/mol. The van der Waals surface area contributed by atoms with Gasteiger partial charge in [-0.15, -0.1) is 5.10 Å². The van der Waals surface area contributed by atoms with Gasteiger partial charge >= 0.3 is 0 Å². The molecule has 0 amide bonds. The van der Waals surface area contributed by atoms with Gasteiger partial charge in [-0.25, -0.2) is 22.2 Å². The Hall–Kier alpha value is -2.29. The van der Waals surface area contributed by atoms with Crippen LogP contribution in [0.25, 0.3) is 27.0 Å². The molecular weight excluding hydrogens is 344 g/mol. The maximum absolute atomic E-state index is 12.1. The largest absolute Gasteiger partial charge is 0.271 e. The molecule has 8 heteroatoms. The third-order valence-corrected chi connectivity index (χ3v) is 6.85. The summed E-state index contributed by atoms with van der Waals surface area (Å²) in [6, 6.07) is 14.2. The smallest absolute Gasteiger partial charge is 0.217 e. The minimum Gasteiger partial charge on any atom is -0.217 e. The number of imidazole rings is 1. The highest BCUT2D eigenvalue weighted by Gasteiger charge is 2.23. The van der Waals surface area contributed by atoms with Gasteiger partial charge in [0.1, 0.15) is 0 Å². The van der Waals surface area contributed by atoms with Crippen LogP contribution >= 0.6 is 11.3 Å². The van der Waals surface area contributed by atoms with Crippen LogP contribution in [0.2, 0.25) is 0 Å². The van der Waals surface area contributed by atoms with Crippen molar-refractivity contribution in [2.75, 3.05) is 14.1 Å². The fourth-order valence-electron chi connectivity index (χ4n) is 2.43. The van der Waals surface area contributed by atoms with Gasteiger partial charge in [0.05, 0.1) is 11.9 Å². The van der Waals surface area contributed by atoms with Gasteiger partial charge in [-0.3, -0.25) is 0 Å². The lowest BCUT2D eigenvalue weighted by Crippen LogP contribution is -2.22. The van der Waals surface area contributed by atoms with Crippen molar-refractivity contribution < 1.29 is 8.42 Å². The molecular formula is C16H14N4O2S2. The molecule has 0 N–H and O–H groups in total. The van der Waals surface area contributed by atoms with Gasteiger partial charge in [0.15, 0.2) is 0 Å². The van der Waals surface area contributed by atoms with E-state index in [1.807, 2.05) is 24.3 Å². The third kappa shape index (κ3) is 2.39. The SMILES string of the molecule is CN(C)S(=O)(=O)c1nn2cc(-c3ccc4ccccc4c3)nc2s1. The average molecular weight is 358 g/mol. The molecule has 4 aromatic rings. The first-order chi connectivity index (χ1) is 11.4. The fraction of sp³-hybridized carbons (Fsp3) is 0.125. The van der Waals surface area contributed by atoms with Crippen molar-refractivity contribution in [3.05, 3.63) is 48.7 Å². The van der Waals surface area contributed by atoms with Crippen molar-refractivity contribution in [1.82, 2.24) is 18.9 Å². The Morgan fingerprint density at radius 1 is 1.08 bits per heavy atom. The first-order valence-corrected chi connectivity index (χ1v) is 9.49. The van der Waals surface area contributed by atoms with Gasteiger partial charge in [0.25, 0.3) is 10.0 Å².